The van der Waals surface area contributed by atoms with Crippen molar-refractivity contribution in [2.45, 2.75) is 31.6 Å². The molecule has 0 fully saturated rings. The second-order valence-corrected chi connectivity index (χ2v) is 5.07. The fourth-order valence-electron chi connectivity index (χ4n) is 2.28. The maximum atomic E-state index is 12.1. The minimum absolute atomic E-state index is 0.116. The lowest BCUT2D eigenvalue weighted by atomic mass is 9.92. The summed E-state index contributed by atoms with van der Waals surface area (Å²) in [5.41, 5.74) is 0.160. The third-order valence-corrected chi connectivity index (χ3v) is 3.26. The quantitative estimate of drug-likeness (QED) is 0.906. The van der Waals surface area contributed by atoms with Crippen molar-refractivity contribution in [2.24, 2.45) is 0 Å². The molecule has 1 amide bonds. The molecule has 4 nitrogen and oxygen atoms in total. The molecule has 1 aliphatic rings. The molecule has 1 N–H and O–H groups in total. The van der Waals surface area contributed by atoms with Crippen molar-refractivity contribution < 1.29 is 14.3 Å². The van der Waals surface area contributed by atoms with E-state index in [0.29, 0.717) is 5.56 Å². The molecule has 0 spiro atoms. The highest BCUT2D eigenvalue weighted by molar-refractivity contribution is 5.94. The van der Waals surface area contributed by atoms with Crippen LogP contribution in [-0.4, -0.2) is 30.8 Å². The number of amides is 1. The van der Waals surface area contributed by atoms with Gasteiger partial charge in [-0.05, 0) is 32.1 Å². The first kappa shape index (κ1) is 13.6. The van der Waals surface area contributed by atoms with Crippen LogP contribution in [0, 0.1) is 0 Å². The lowest BCUT2D eigenvalue weighted by Gasteiger charge is -2.39. The van der Waals surface area contributed by atoms with E-state index in [-0.39, 0.29) is 18.1 Å². The zero-order valence-corrected chi connectivity index (χ0v) is 11.4. The Morgan fingerprint density at radius 2 is 2.00 bits per heavy atom. The maximum Gasteiger partial charge on any atom is 0.251 e. The smallest absolute Gasteiger partial charge is 0.251 e. The van der Waals surface area contributed by atoms with Crippen molar-refractivity contribution in [3.8, 4) is 0 Å². The van der Waals surface area contributed by atoms with Gasteiger partial charge in [-0.15, -0.1) is 0 Å². The lowest BCUT2D eigenvalue weighted by molar-refractivity contribution is -0.0962. The predicted molar refractivity (Wildman–Crippen MR) is 72.8 cm³/mol. The van der Waals surface area contributed by atoms with E-state index in [1.54, 1.807) is 31.6 Å². The highest BCUT2D eigenvalue weighted by Crippen LogP contribution is 2.25. The Kier molecular flexibility index (Phi) is 3.90. The van der Waals surface area contributed by atoms with Crippen LogP contribution in [0.4, 0.5) is 0 Å². The highest BCUT2D eigenvalue weighted by Gasteiger charge is 2.39. The van der Waals surface area contributed by atoms with E-state index < -0.39 is 5.60 Å². The number of benzene rings is 1. The van der Waals surface area contributed by atoms with Crippen LogP contribution in [0.25, 0.3) is 0 Å². The molecule has 102 valence electrons. The summed E-state index contributed by atoms with van der Waals surface area (Å²) in [6.07, 6.45) is 3.19. The van der Waals surface area contributed by atoms with Gasteiger partial charge in [-0.25, -0.2) is 0 Å². The number of ether oxygens (including phenoxy) is 2. The van der Waals surface area contributed by atoms with Crippen molar-refractivity contribution in [1.82, 2.24) is 5.32 Å². The molecule has 19 heavy (non-hydrogen) atoms. The second kappa shape index (κ2) is 5.45. The molecule has 0 unspecified atom stereocenters. The van der Waals surface area contributed by atoms with Gasteiger partial charge in [0.05, 0.1) is 12.3 Å². The van der Waals surface area contributed by atoms with Crippen LogP contribution in [-0.2, 0) is 9.47 Å². The average Bonchev–Trinajstić information content (AvgIpc) is 2.39. The molecule has 1 aliphatic heterocycles. The number of carbonyl (C=O) groups excluding carboxylic acids is 1. The minimum atomic E-state index is -0.474. The standard InChI is InChI=1S/C15H19NO3/c1-15(2)13(18-3)12(9-10-19-15)16-14(17)11-7-5-4-6-8-11/h4-10,12-13H,1-3H3,(H,16,17)/t12-,13+/m0/s1. The normalized spacial score (nSPS) is 24.6. The van der Waals surface area contributed by atoms with Crippen LogP contribution in [0.2, 0.25) is 0 Å². The lowest BCUT2D eigenvalue weighted by Crippen LogP contribution is -2.55. The number of methoxy groups -OCH3 is 1. The van der Waals surface area contributed by atoms with Crippen molar-refractivity contribution in [3.05, 3.63) is 48.2 Å². The van der Waals surface area contributed by atoms with E-state index in [2.05, 4.69) is 5.32 Å². The Morgan fingerprint density at radius 3 is 2.63 bits per heavy atom. The number of rotatable bonds is 3. The Hall–Kier alpha value is -1.81. The van der Waals surface area contributed by atoms with E-state index in [1.165, 1.54) is 0 Å². The first-order valence-electron chi connectivity index (χ1n) is 6.28. The largest absolute Gasteiger partial charge is 0.493 e. The molecule has 1 aromatic carbocycles. The summed E-state index contributed by atoms with van der Waals surface area (Å²) in [6, 6.07) is 8.92. The van der Waals surface area contributed by atoms with Gasteiger partial charge < -0.3 is 14.8 Å². The van der Waals surface area contributed by atoms with Gasteiger partial charge in [0.25, 0.3) is 5.91 Å². The molecule has 1 aromatic rings. The van der Waals surface area contributed by atoms with Crippen molar-refractivity contribution >= 4 is 5.91 Å². The van der Waals surface area contributed by atoms with Gasteiger partial charge in [0.2, 0.25) is 0 Å². The molecule has 0 radical (unpaired) electrons. The van der Waals surface area contributed by atoms with Gasteiger partial charge in [0.15, 0.2) is 0 Å². The molecule has 0 aromatic heterocycles. The summed E-state index contributed by atoms with van der Waals surface area (Å²) in [6.45, 7) is 3.87. The van der Waals surface area contributed by atoms with Crippen LogP contribution in [0.3, 0.4) is 0 Å². The van der Waals surface area contributed by atoms with Gasteiger partial charge in [-0.3, -0.25) is 4.79 Å². The summed E-state index contributed by atoms with van der Waals surface area (Å²) in [4.78, 5) is 12.1. The number of nitrogens with one attached hydrogen (secondary N) is 1. The fourth-order valence-corrected chi connectivity index (χ4v) is 2.28. The summed E-state index contributed by atoms with van der Waals surface area (Å²) in [5.74, 6) is -0.116. The zero-order valence-electron chi connectivity index (χ0n) is 11.4. The van der Waals surface area contributed by atoms with Crippen molar-refractivity contribution in [1.29, 1.82) is 0 Å². The van der Waals surface area contributed by atoms with Gasteiger partial charge >= 0.3 is 0 Å². The van der Waals surface area contributed by atoms with Crippen LogP contribution in [0.1, 0.15) is 24.2 Å². The molecule has 0 aliphatic carbocycles. The fraction of sp³-hybridized carbons (Fsp3) is 0.400. The third-order valence-electron chi connectivity index (χ3n) is 3.26. The molecule has 0 saturated carbocycles. The summed E-state index contributed by atoms with van der Waals surface area (Å²) >= 11 is 0. The molecule has 2 atom stereocenters. The highest BCUT2D eigenvalue weighted by atomic mass is 16.5. The van der Waals surface area contributed by atoms with Crippen LogP contribution < -0.4 is 5.32 Å². The van der Waals surface area contributed by atoms with Crippen LogP contribution >= 0.6 is 0 Å². The first-order chi connectivity index (χ1) is 9.04. The van der Waals surface area contributed by atoms with Gasteiger partial charge in [0, 0.05) is 12.7 Å². The Morgan fingerprint density at radius 1 is 1.32 bits per heavy atom. The monoisotopic (exact) mass is 261 g/mol. The number of hydrogen-bond donors (Lipinski definition) is 1. The first-order valence-corrected chi connectivity index (χ1v) is 6.28. The van der Waals surface area contributed by atoms with Crippen LogP contribution in [0.5, 0.6) is 0 Å². The SMILES string of the molecule is CO[C@@H]1[C@@H](NC(=O)c2ccccc2)C=COC1(C)C. The van der Waals surface area contributed by atoms with Gasteiger partial charge in [-0.2, -0.15) is 0 Å². The van der Waals surface area contributed by atoms with Gasteiger partial charge in [-0.1, -0.05) is 18.2 Å². The number of hydrogen-bond acceptors (Lipinski definition) is 3. The summed E-state index contributed by atoms with van der Waals surface area (Å²) in [5, 5.41) is 2.96. The summed E-state index contributed by atoms with van der Waals surface area (Å²) in [7, 11) is 1.62. The van der Waals surface area contributed by atoms with Crippen molar-refractivity contribution in [2.75, 3.05) is 7.11 Å². The molecular weight excluding hydrogens is 242 g/mol. The molecule has 4 heteroatoms. The Bertz CT molecular complexity index is 468. The molecule has 0 saturated heterocycles. The topological polar surface area (TPSA) is 47.6 Å². The van der Waals surface area contributed by atoms with Crippen LogP contribution in [0.15, 0.2) is 42.7 Å². The maximum absolute atomic E-state index is 12.1. The number of carbonyl (C=O) groups is 1. The molecular formula is C15H19NO3. The van der Waals surface area contributed by atoms with Crippen molar-refractivity contribution in [3.63, 3.8) is 0 Å². The van der Waals surface area contributed by atoms with E-state index in [9.17, 15) is 4.79 Å². The Labute approximate surface area is 113 Å². The molecule has 1 heterocycles. The third kappa shape index (κ3) is 2.96. The van der Waals surface area contributed by atoms with E-state index in [1.807, 2.05) is 32.0 Å². The second-order valence-electron chi connectivity index (χ2n) is 5.07. The summed E-state index contributed by atoms with van der Waals surface area (Å²) < 4.78 is 11.0. The van der Waals surface area contributed by atoms with E-state index >= 15 is 0 Å². The van der Waals surface area contributed by atoms with E-state index in [4.69, 9.17) is 9.47 Å². The average molecular weight is 261 g/mol. The minimum Gasteiger partial charge on any atom is -0.493 e. The molecule has 2 rings (SSSR count). The van der Waals surface area contributed by atoms with E-state index in [0.717, 1.165) is 0 Å². The predicted octanol–water partition coefficient (Wildman–Crippen LogP) is 2.12. The zero-order chi connectivity index (χ0) is 13.9. The van der Waals surface area contributed by atoms with Gasteiger partial charge in [0.1, 0.15) is 11.7 Å². The molecule has 0 bridgehead atoms. The Balaban J connectivity index is 2.12.